The van der Waals surface area contributed by atoms with Crippen LogP contribution in [0.15, 0.2) is 0 Å². The van der Waals surface area contributed by atoms with Gasteiger partial charge in [-0.25, -0.2) is 0 Å². The van der Waals surface area contributed by atoms with Crippen LogP contribution < -0.4 is 29.4 Å². The van der Waals surface area contributed by atoms with E-state index in [1.807, 2.05) is 0 Å². The monoisotopic (exact) mass is 375 g/mol. The molecule has 0 radical (unpaired) electrons. The molecule has 0 aromatic carbocycles. The molecule has 0 saturated heterocycles. The van der Waals surface area contributed by atoms with Crippen molar-refractivity contribution in [2.24, 2.45) is 0 Å². The molecule has 0 bridgehead atoms. The quantitative estimate of drug-likeness (QED) is 0.293. The molecule has 14 heteroatoms. The number of hydrogen-bond donors (Lipinski definition) is 0. The molecule has 0 aromatic heterocycles. The van der Waals surface area contributed by atoms with Crippen LogP contribution in [0.3, 0.4) is 0 Å². The average Bonchev–Trinajstić information content (AvgIpc) is 1.54. The molecule has 0 fully saturated rings. The third-order valence-electron chi connectivity index (χ3n) is 0. The molecule has 0 aromatic rings. The minimum Gasteiger partial charge on any atom is -0.598 e. The molecule has 9 nitrogen and oxygen atoms in total. The molecule has 72 valence electrons. The zero-order valence-corrected chi connectivity index (χ0v) is 13.7. The Kier molecular flexibility index (Phi) is 50.3. The summed E-state index contributed by atoms with van der Waals surface area (Å²) >= 11 is 0. The standard InChI is InChI=1S/2Ga.3HO3P/c;;3*1-4(2)3/h;;3*(H,1,2,3)/q2*+3;;;/p-3. The fourth-order valence-corrected chi connectivity index (χ4v) is 0. The zero-order chi connectivity index (χ0) is 10.7. The van der Waals surface area contributed by atoms with Crippen LogP contribution in [0.4, 0.5) is 0 Å². The van der Waals surface area contributed by atoms with E-state index in [1.54, 1.807) is 0 Å². The SMILES string of the molecule is O=[P+]([O-])[O-].O=[P+]([O-])[O-].O=[P+]([O-])[O-].[Ga+3].[Ga+3]. The van der Waals surface area contributed by atoms with Crippen molar-refractivity contribution in [3.05, 3.63) is 0 Å². The van der Waals surface area contributed by atoms with E-state index in [1.165, 1.54) is 0 Å². The summed E-state index contributed by atoms with van der Waals surface area (Å²) in [7, 11) is -10.1. The predicted octanol–water partition coefficient (Wildman–Crippen LogP) is -5.67. The predicted molar refractivity (Wildman–Crippen MR) is 34.3 cm³/mol. The van der Waals surface area contributed by atoms with E-state index >= 15 is 0 Å². The second kappa shape index (κ2) is 23.9. The van der Waals surface area contributed by atoms with Gasteiger partial charge in [0.15, 0.2) is 0 Å². The molecule has 0 aliphatic rings. The fourth-order valence-electron chi connectivity index (χ4n) is 0. The van der Waals surface area contributed by atoms with Crippen LogP contribution in [0.5, 0.6) is 0 Å². The van der Waals surface area contributed by atoms with Crippen molar-refractivity contribution in [2.75, 3.05) is 0 Å². The Labute approximate surface area is 107 Å². The molecular formula is Ga2O9P3+3. The van der Waals surface area contributed by atoms with Gasteiger partial charge in [0.05, 0.1) is 0 Å². The van der Waals surface area contributed by atoms with Crippen molar-refractivity contribution in [3.63, 3.8) is 0 Å². The smallest absolute Gasteiger partial charge is 0.598 e. The molecule has 0 saturated carbocycles. The van der Waals surface area contributed by atoms with Crippen molar-refractivity contribution in [2.45, 2.75) is 0 Å². The van der Waals surface area contributed by atoms with E-state index in [9.17, 15) is 0 Å². The Morgan fingerprint density at radius 2 is 0.500 bits per heavy atom. The average molecular weight is 376 g/mol. The number of hydrogen-bond acceptors (Lipinski definition) is 9. The van der Waals surface area contributed by atoms with Crippen molar-refractivity contribution in [1.29, 1.82) is 0 Å². The van der Waals surface area contributed by atoms with Crippen LogP contribution in [0, 0.1) is 0 Å². The van der Waals surface area contributed by atoms with Gasteiger partial charge in [0.25, 0.3) is 24.8 Å². The second-order valence-electron chi connectivity index (χ2n) is 0.671. The first-order valence-electron chi connectivity index (χ1n) is 1.64. The van der Waals surface area contributed by atoms with E-state index in [0.29, 0.717) is 0 Å². The first-order chi connectivity index (χ1) is 5.20. The molecule has 0 atom stereocenters. The summed E-state index contributed by atoms with van der Waals surface area (Å²) in [6.07, 6.45) is 0. The van der Waals surface area contributed by atoms with Crippen molar-refractivity contribution >= 4 is 64.3 Å². The summed E-state index contributed by atoms with van der Waals surface area (Å²) in [5.41, 5.74) is 0. The fraction of sp³-hybridized carbons (Fsp3) is 0. The van der Waals surface area contributed by atoms with Gasteiger partial charge in [-0.2, -0.15) is 0 Å². The van der Waals surface area contributed by atoms with Crippen molar-refractivity contribution in [3.8, 4) is 0 Å². The first-order valence-corrected chi connectivity index (χ1v) is 4.93. The summed E-state index contributed by atoms with van der Waals surface area (Å²) in [5, 5.41) is 0. The van der Waals surface area contributed by atoms with Gasteiger partial charge in [0.2, 0.25) is 0 Å². The van der Waals surface area contributed by atoms with E-state index in [-0.39, 0.29) is 39.6 Å². The first kappa shape index (κ1) is 29.5. The molecular weight excluding hydrogens is 376 g/mol. The maximum Gasteiger partial charge on any atom is 3.00 e. The summed E-state index contributed by atoms with van der Waals surface area (Å²) in [6, 6.07) is 0. The van der Waals surface area contributed by atoms with Gasteiger partial charge in [-0.05, 0) is 0 Å². The van der Waals surface area contributed by atoms with E-state index in [4.69, 9.17) is 43.1 Å². The molecule has 0 spiro atoms. The van der Waals surface area contributed by atoms with Gasteiger partial charge in [0.1, 0.15) is 0 Å². The summed E-state index contributed by atoms with van der Waals surface area (Å²) in [4.78, 5) is 50.9. The molecule has 0 aliphatic heterocycles. The van der Waals surface area contributed by atoms with Crippen LogP contribution in [-0.4, -0.2) is 39.6 Å². The molecule has 0 unspecified atom stereocenters. The van der Waals surface area contributed by atoms with Crippen molar-refractivity contribution < 1.29 is 43.1 Å². The Hall–Kier alpha value is 1.33. The van der Waals surface area contributed by atoms with E-state index < -0.39 is 24.8 Å². The topological polar surface area (TPSA) is 190 Å². The van der Waals surface area contributed by atoms with Gasteiger partial charge < -0.3 is 29.4 Å². The normalized spacial score (nSPS) is 5.57. The summed E-state index contributed by atoms with van der Waals surface area (Å²) in [5.74, 6) is 0. The molecule has 0 aliphatic carbocycles. The Morgan fingerprint density at radius 3 is 0.500 bits per heavy atom. The maximum atomic E-state index is 8.48. The van der Waals surface area contributed by atoms with Crippen LogP contribution in [-0.2, 0) is 13.7 Å². The molecule has 0 heterocycles. The van der Waals surface area contributed by atoms with Gasteiger partial charge in [-0.15, -0.1) is 0 Å². The van der Waals surface area contributed by atoms with Gasteiger partial charge in [0, 0.05) is 0 Å². The third kappa shape index (κ3) is 1140. The van der Waals surface area contributed by atoms with Crippen LogP contribution in [0.2, 0.25) is 0 Å². The summed E-state index contributed by atoms with van der Waals surface area (Å²) in [6.45, 7) is 0. The zero-order valence-electron chi connectivity index (χ0n) is 6.17. The van der Waals surface area contributed by atoms with Crippen molar-refractivity contribution in [1.82, 2.24) is 0 Å². The second-order valence-corrected chi connectivity index (χ2v) is 2.01. The van der Waals surface area contributed by atoms with Gasteiger partial charge in [-0.3, -0.25) is 0 Å². The molecule has 0 amide bonds. The van der Waals surface area contributed by atoms with E-state index in [2.05, 4.69) is 0 Å². The van der Waals surface area contributed by atoms with Crippen LogP contribution in [0.25, 0.3) is 0 Å². The van der Waals surface area contributed by atoms with Gasteiger partial charge >= 0.3 is 39.6 Å². The molecule has 0 N–H and O–H groups in total. The Balaban J connectivity index is -0.0000000270. The maximum absolute atomic E-state index is 8.48. The Morgan fingerprint density at radius 1 is 0.500 bits per heavy atom. The summed E-state index contributed by atoms with van der Waals surface area (Å²) < 4.78 is 25.4. The molecule has 14 heavy (non-hydrogen) atoms. The van der Waals surface area contributed by atoms with Crippen LogP contribution >= 0.6 is 24.8 Å². The minimum atomic E-state index is -3.37. The van der Waals surface area contributed by atoms with Crippen LogP contribution in [0.1, 0.15) is 0 Å². The largest absolute Gasteiger partial charge is 3.00 e. The minimum absolute atomic E-state index is 0. The third-order valence-corrected chi connectivity index (χ3v) is 0. The van der Waals surface area contributed by atoms with Gasteiger partial charge in [-0.1, -0.05) is 13.7 Å². The Bertz CT molecular complexity index is 116. The van der Waals surface area contributed by atoms with E-state index in [0.717, 1.165) is 0 Å². The number of rotatable bonds is 0. The molecule has 0 rings (SSSR count).